The van der Waals surface area contributed by atoms with Crippen molar-refractivity contribution in [1.82, 2.24) is 9.97 Å². The molecule has 3 aromatic rings. The van der Waals surface area contributed by atoms with E-state index in [0.717, 1.165) is 0 Å². The van der Waals surface area contributed by atoms with Crippen molar-refractivity contribution in [2.75, 3.05) is 13.7 Å². The molecule has 0 spiro atoms. The molecule has 0 atom stereocenters. The molecule has 0 saturated heterocycles. The number of carbonyl (C=O) groups is 1. The van der Waals surface area contributed by atoms with Crippen molar-refractivity contribution in [3.8, 4) is 23.4 Å². The quantitative estimate of drug-likeness (QED) is 0.207. The molecule has 2 aromatic carbocycles. The molecule has 0 unspecified atom stereocenters. The molecular weight excluding hydrogens is 485 g/mol. The van der Waals surface area contributed by atoms with Crippen molar-refractivity contribution >= 4 is 12.0 Å². The van der Waals surface area contributed by atoms with Gasteiger partial charge in [-0.05, 0) is 18.2 Å². The first-order chi connectivity index (χ1) is 14.8. The van der Waals surface area contributed by atoms with Crippen LogP contribution in [0.3, 0.4) is 0 Å². The number of para-hydroxylation sites is 2. The number of aromatic nitrogens is 2. The number of rotatable bonds is 9. The van der Waals surface area contributed by atoms with Crippen LogP contribution in [0.25, 0.3) is 5.57 Å². The number of benzene rings is 2. The summed E-state index contributed by atoms with van der Waals surface area (Å²) in [4.78, 5) is 18.9. The van der Waals surface area contributed by atoms with Crippen molar-refractivity contribution < 1.29 is 56.5 Å². The molecule has 0 N–H and O–H groups in total. The largest absolute Gasteiger partial charge is 0.504 e. The van der Waals surface area contributed by atoms with Gasteiger partial charge in [-0.15, -0.1) is 0 Å². The molecule has 8 heteroatoms. The molecular formula is C24H27N2O5Y-. The third-order valence-electron chi connectivity index (χ3n) is 3.57. The standard InChI is InChI=1S/C21H18N2O5.C2H6.CH3.Y/c1-25-13-16(14-26-15-24)18-9-5-6-10-19(18)28-20-11-12-22-21(23-20)27-17-7-3-2-4-8-17;1-2;;/h2-13,15H,14H2,1H3;1-2H3;1H3;/q;;-1;/b16-13-;;;. The molecule has 1 aromatic heterocycles. The predicted octanol–water partition coefficient (Wildman–Crippen LogP) is 5.70. The molecule has 167 valence electrons. The first kappa shape index (κ1) is 29.2. The van der Waals surface area contributed by atoms with Gasteiger partial charge in [0.2, 0.25) is 5.88 Å². The van der Waals surface area contributed by atoms with Crippen LogP contribution in [-0.4, -0.2) is 30.2 Å². The van der Waals surface area contributed by atoms with Crippen molar-refractivity contribution in [3.05, 3.63) is 86.1 Å². The maximum atomic E-state index is 10.6. The SMILES string of the molecule is CC.CO/C=C(/COC=O)c1ccccc1Oc1ccnc(Oc2ccccc2)n1.[CH3-].[Y]. The zero-order valence-electron chi connectivity index (χ0n) is 18.7. The zero-order valence-corrected chi connectivity index (χ0v) is 21.6. The molecule has 1 heterocycles. The summed E-state index contributed by atoms with van der Waals surface area (Å²) in [7, 11) is 1.52. The third-order valence-corrected chi connectivity index (χ3v) is 3.57. The minimum Gasteiger partial charge on any atom is -0.504 e. The van der Waals surface area contributed by atoms with Crippen LogP contribution in [0.1, 0.15) is 19.4 Å². The molecule has 1 radical (unpaired) electrons. The van der Waals surface area contributed by atoms with Gasteiger partial charge in [-0.1, -0.05) is 50.2 Å². The van der Waals surface area contributed by atoms with Crippen LogP contribution in [0.2, 0.25) is 0 Å². The van der Waals surface area contributed by atoms with Gasteiger partial charge in [0.05, 0.1) is 13.4 Å². The van der Waals surface area contributed by atoms with Gasteiger partial charge >= 0.3 is 6.01 Å². The Morgan fingerprint density at radius 1 is 0.969 bits per heavy atom. The van der Waals surface area contributed by atoms with Crippen molar-refractivity contribution in [3.63, 3.8) is 0 Å². The Morgan fingerprint density at radius 3 is 2.34 bits per heavy atom. The second-order valence-corrected chi connectivity index (χ2v) is 5.48. The molecule has 0 fully saturated rings. The van der Waals surface area contributed by atoms with Gasteiger partial charge < -0.3 is 26.4 Å². The molecule has 0 amide bonds. The first-order valence-corrected chi connectivity index (χ1v) is 9.40. The number of ether oxygens (including phenoxy) is 4. The molecule has 3 rings (SSSR count). The Kier molecular flexibility index (Phi) is 15.4. The Labute approximate surface area is 214 Å². The normalized spacial score (nSPS) is 9.66. The van der Waals surface area contributed by atoms with E-state index in [4.69, 9.17) is 18.9 Å². The maximum Gasteiger partial charge on any atom is 0.325 e. The van der Waals surface area contributed by atoms with Crippen LogP contribution in [0.4, 0.5) is 0 Å². The van der Waals surface area contributed by atoms with E-state index >= 15 is 0 Å². The fourth-order valence-electron chi connectivity index (χ4n) is 2.40. The summed E-state index contributed by atoms with van der Waals surface area (Å²) in [5, 5.41) is 0. The number of nitrogens with zero attached hydrogens (tertiary/aromatic N) is 2. The predicted molar refractivity (Wildman–Crippen MR) is 120 cm³/mol. The summed E-state index contributed by atoms with van der Waals surface area (Å²) in [6.07, 6.45) is 3.04. The number of methoxy groups -OCH3 is 1. The van der Waals surface area contributed by atoms with Crippen LogP contribution >= 0.6 is 0 Å². The Bertz CT molecular complexity index is 952. The van der Waals surface area contributed by atoms with E-state index in [1.807, 2.05) is 50.2 Å². The second-order valence-electron chi connectivity index (χ2n) is 5.48. The summed E-state index contributed by atoms with van der Waals surface area (Å²) < 4.78 is 21.5. The molecule has 0 saturated carbocycles. The molecule has 32 heavy (non-hydrogen) atoms. The summed E-state index contributed by atoms with van der Waals surface area (Å²) in [6.45, 7) is 4.43. The summed E-state index contributed by atoms with van der Waals surface area (Å²) in [6, 6.07) is 18.3. The summed E-state index contributed by atoms with van der Waals surface area (Å²) >= 11 is 0. The van der Waals surface area contributed by atoms with E-state index < -0.39 is 0 Å². The third kappa shape index (κ3) is 9.16. The molecule has 0 aliphatic heterocycles. The van der Waals surface area contributed by atoms with E-state index in [1.165, 1.54) is 13.4 Å². The molecule has 7 nitrogen and oxygen atoms in total. The molecule has 0 aliphatic carbocycles. The Morgan fingerprint density at radius 2 is 1.66 bits per heavy atom. The van der Waals surface area contributed by atoms with Gasteiger partial charge in [0.25, 0.3) is 6.47 Å². The zero-order chi connectivity index (χ0) is 21.6. The van der Waals surface area contributed by atoms with Gasteiger partial charge in [0.1, 0.15) is 18.1 Å². The Balaban J connectivity index is 0.00000234. The molecule has 0 bridgehead atoms. The van der Waals surface area contributed by atoms with Crippen LogP contribution in [0.15, 0.2) is 73.1 Å². The van der Waals surface area contributed by atoms with Crippen LogP contribution in [-0.2, 0) is 47.0 Å². The minimum atomic E-state index is 0. The van der Waals surface area contributed by atoms with Crippen molar-refractivity contribution in [2.45, 2.75) is 13.8 Å². The number of carbonyl (C=O) groups excluding carboxylic acids is 1. The first-order valence-electron chi connectivity index (χ1n) is 9.40. The second kappa shape index (κ2) is 16.9. The number of hydrogen-bond acceptors (Lipinski definition) is 7. The van der Waals surface area contributed by atoms with Crippen molar-refractivity contribution in [2.24, 2.45) is 0 Å². The molecule has 0 aliphatic rings. The van der Waals surface area contributed by atoms with E-state index in [-0.39, 0.29) is 52.8 Å². The monoisotopic (exact) mass is 512 g/mol. The van der Waals surface area contributed by atoms with Crippen molar-refractivity contribution in [1.29, 1.82) is 0 Å². The van der Waals surface area contributed by atoms with Gasteiger partial charge in [-0.2, -0.15) is 4.98 Å². The van der Waals surface area contributed by atoms with Crippen LogP contribution in [0.5, 0.6) is 23.4 Å². The van der Waals surface area contributed by atoms with Gasteiger partial charge in [-0.25, -0.2) is 4.98 Å². The minimum absolute atomic E-state index is 0. The van der Waals surface area contributed by atoms with Gasteiger partial charge in [0.15, 0.2) is 0 Å². The van der Waals surface area contributed by atoms with Crippen LogP contribution in [0, 0.1) is 7.43 Å². The maximum absolute atomic E-state index is 10.6. The van der Waals surface area contributed by atoms with E-state index in [1.54, 1.807) is 30.5 Å². The summed E-state index contributed by atoms with van der Waals surface area (Å²) in [5.41, 5.74) is 1.34. The van der Waals surface area contributed by atoms with Crippen LogP contribution < -0.4 is 9.47 Å². The fraction of sp³-hybridized carbons (Fsp3) is 0.167. The fourth-order valence-corrected chi connectivity index (χ4v) is 2.40. The summed E-state index contributed by atoms with van der Waals surface area (Å²) in [5.74, 6) is 1.45. The van der Waals surface area contributed by atoms with Gasteiger partial charge in [-0.3, -0.25) is 4.79 Å². The number of hydrogen-bond donors (Lipinski definition) is 0. The van der Waals surface area contributed by atoms with E-state index in [2.05, 4.69) is 9.97 Å². The topological polar surface area (TPSA) is 79.8 Å². The average Bonchev–Trinajstić information content (AvgIpc) is 2.79. The smallest absolute Gasteiger partial charge is 0.325 e. The van der Waals surface area contributed by atoms with E-state index in [9.17, 15) is 4.79 Å². The van der Waals surface area contributed by atoms with Gasteiger partial charge in [0, 0.05) is 56.1 Å². The Hall–Kier alpha value is -2.77. The van der Waals surface area contributed by atoms with E-state index in [0.29, 0.717) is 35.0 Å². The average molecular weight is 512 g/mol.